The van der Waals surface area contributed by atoms with Crippen molar-refractivity contribution in [3.05, 3.63) is 41.7 Å². The van der Waals surface area contributed by atoms with Crippen LogP contribution in [0.4, 0.5) is 0 Å². The summed E-state index contributed by atoms with van der Waals surface area (Å²) in [5, 5.41) is 0. The molecule has 118 valence electrons. The van der Waals surface area contributed by atoms with E-state index in [2.05, 4.69) is 9.97 Å². The average Bonchev–Trinajstić information content (AvgIpc) is 2.53. The van der Waals surface area contributed by atoms with Crippen LogP contribution in [0.5, 0.6) is 11.8 Å². The monoisotopic (exact) mass is 324 g/mol. The van der Waals surface area contributed by atoms with Crippen LogP contribution in [0.3, 0.4) is 0 Å². The molecule has 0 unspecified atom stereocenters. The Morgan fingerprint density at radius 3 is 2.05 bits per heavy atom. The van der Waals surface area contributed by atoms with E-state index >= 15 is 0 Å². The molecule has 0 bridgehead atoms. The summed E-state index contributed by atoms with van der Waals surface area (Å²) in [6.45, 7) is 1.55. The third-order valence-corrected chi connectivity index (χ3v) is 4.07. The van der Waals surface area contributed by atoms with E-state index in [1.165, 1.54) is 32.4 Å². The molecule has 0 amide bonds. The highest BCUT2D eigenvalue weighted by molar-refractivity contribution is 7.86. The summed E-state index contributed by atoms with van der Waals surface area (Å²) in [5.41, 5.74) is 0.958. The number of ether oxygens (including phenoxy) is 2. The molecule has 0 fully saturated rings. The van der Waals surface area contributed by atoms with Gasteiger partial charge < -0.3 is 9.47 Å². The molecule has 0 aliphatic heterocycles. The van der Waals surface area contributed by atoms with E-state index < -0.39 is 10.1 Å². The van der Waals surface area contributed by atoms with Gasteiger partial charge in [-0.2, -0.15) is 18.4 Å². The minimum atomic E-state index is -3.88. The highest BCUT2D eigenvalue weighted by atomic mass is 32.2. The molecule has 0 spiro atoms. The lowest BCUT2D eigenvalue weighted by Crippen LogP contribution is -2.09. The summed E-state index contributed by atoms with van der Waals surface area (Å²) < 4.78 is 39.1. The van der Waals surface area contributed by atoms with Crippen molar-refractivity contribution >= 4 is 10.1 Å². The normalized spacial score (nSPS) is 11.2. The molecule has 0 N–H and O–H groups in total. The Morgan fingerprint density at radius 2 is 1.55 bits per heavy atom. The van der Waals surface area contributed by atoms with Gasteiger partial charge in [-0.15, -0.1) is 0 Å². The maximum absolute atomic E-state index is 12.1. The molecular weight excluding hydrogens is 308 g/mol. The summed E-state index contributed by atoms with van der Waals surface area (Å²) in [7, 11) is -0.996. The van der Waals surface area contributed by atoms with Gasteiger partial charge in [0.05, 0.1) is 25.2 Å². The van der Waals surface area contributed by atoms with E-state index in [1.807, 2.05) is 6.92 Å². The summed E-state index contributed by atoms with van der Waals surface area (Å²) >= 11 is 0. The number of aromatic nitrogens is 2. The van der Waals surface area contributed by atoms with Crippen LogP contribution in [0.2, 0.25) is 0 Å². The largest absolute Gasteiger partial charge is 0.481 e. The summed E-state index contributed by atoms with van der Waals surface area (Å²) in [4.78, 5) is 8.09. The first-order valence-corrected chi connectivity index (χ1v) is 7.77. The standard InChI is InChI=1S/C14H16N2O5S/c1-10-4-6-11(7-5-10)22(17,18)21-9-12-15-13(19-2)8-14(16-12)20-3/h4-8H,9H2,1-3H3. The number of hydrogen-bond acceptors (Lipinski definition) is 7. The molecule has 1 aromatic carbocycles. The zero-order valence-corrected chi connectivity index (χ0v) is 13.3. The Labute approximate surface area is 129 Å². The number of aryl methyl sites for hydroxylation is 1. The van der Waals surface area contributed by atoms with Crippen LogP contribution in [0, 0.1) is 6.92 Å². The second kappa shape index (κ2) is 6.71. The van der Waals surface area contributed by atoms with Gasteiger partial charge in [0.1, 0.15) is 6.61 Å². The van der Waals surface area contributed by atoms with E-state index in [4.69, 9.17) is 13.7 Å². The van der Waals surface area contributed by atoms with E-state index in [1.54, 1.807) is 12.1 Å². The highest BCUT2D eigenvalue weighted by Crippen LogP contribution is 2.18. The molecule has 0 aliphatic carbocycles. The summed E-state index contributed by atoms with van der Waals surface area (Å²) in [5.74, 6) is 0.670. The molecule has 0 atom stereocenters. The molecule has 7 nitrogen and oxygen atoms in total. The quantitative estimate of drug-likeness (QED) is 0.747. The number of benzene rings is 1. The van der Waals surface area contributed by atoms with Gasteiger partial charge in [-0.25, -0.2) is 0 Å². The first-order chi connectivity index (χ1) is 10.4. The fraction of sp³-hybridized carbons (Fsp3) is 0.286. The minimum Gasteiger partial charge on any atom is -0.481 e. The van der Waals surface area contributed by atoms with Crippen LogP contribution in [-0.4, -0.2) is 32.6 Å². The van der Waals surface area contributed by atoms with Crippen molar-refractivity contribution in [2.24, 2.45) is 0 Å². The van der Waals surface area contributed by atoms with Gasteiger partial charge in [-0.1, -0.05) is 17.7 Å². The Morgan fingerprint density at radius 1 is 1.00 bits per heavy atom. The van der Waals surface area contributed by atoms with Gasteiger partial charge in [-0.05, 0) is 19.1 Å². The SMILES string of the molecule is COc1cc(OC)nc(COS(=O)(=O)c2ccc(C)cc2)n1. The summed E-state index contributed by atoms with van der Waals surface area (Å²) in [6.07, 6.45) is 0. The van der Waals surface area contributed by atoms with Gasteiger partial charge in [0.25, 0.3) is 10.1 Å². The van der Waals surface area contributed by atoms with Gasteiger partial charge >= 0.3 is 0 Å². The first kappa shape index (κ1) is 16.2. The summed E-state index contributed by atoms with van der Waals surface area (Å²) in [6, 6.07) is 7.84. The topological polar surface area (TPSA) is 87.6 Å². The number of hydrogen-bond donors (Lipinski definition) is 0. The lowest BCUT2D eigenvalue weighted by Gasteiger charge is -2.08. The van der Waals surface area contributed by atoms with Crippen LogP contribution in [0.1, 0.15) is 11.4 Å². The van der Waals surface area contributed by atoms with Crippen molar-refractivity contribution in [3.8, 4) is 11.8 Å². The predicted molar refractivity (Wildman–Crippen MR) is 78.3 cm³/mol. The average molecular weight is 324 g/mol. The molecule has 1 aromatic heterocycles. The maximum Gasteiger partial charge on any atom is 0.297 e. The van der Waals surface area contributed by atoms with Crippen molar-refractivity contribution in [3.63, 3.8) is 0 Å². The molecule has 8 heteroatoms. The lowest BCUT2D eigenvalue weighted by molar-refractivity contribution is 0.290. The molecule has 2 rings (SSSR count). The van der Waals surface area contributed by atoms with Gasteiger partial charge in [0.15, 0.2) is 5.82 Å². The lowest BCUT2D eigenvalue weighted by atomic mass is 10.2. The highest BCUT2D eigenvalue weighted by Gasteiger charge is 2.16. The van der Waals surface area contributed by atoms with E-state index in [0.29, 0.717) is 0 Å². The molecule has 0 saturated heterocycles. The molecule has 0 saturated carbocycles. The van der Waals surface area contributed by atoms with Crippen molar-refractivity contribution in [2.75, 3.05) is 14.2 Å². The zero-order valence-electron chi connectivity index (χ0n) is 12.4. The first-order valence-electron chi connectivity index (χ1n) is 6.36. The second-order valence-electron chi connectivity index (χ2n) is 4.40. The molecule has 22 heavy (non-hydrogen) atoms. The van der Waals surface area contributed by atoms with E-state index in [9.17, 15) is 8.42 Å². The smallest absolute Gasteiger partial charge is 0.297 e. The molecule has 1 heterocycles. The number of nitrogens with zero attached hydrogens (tertiary/aromatic N) is 2. The van der Waals surface area contributed by atoms with Crippen molar-refractivity contribution in [1.29, 1.82) is 0 Å². The third kappa shape index (κ3) is 3.92. The molecule has 2 aromatic rings. The number of rotatable bonds is 6. The predicted octanol–water partition coefficient (Wildman–Crippen LogP) is 1.71. The van der Waals surface area contributed by atoms with Crippen molar-refractivity contribution < 1.29 is 22.1 Å². The maximum atomic E-state index is 12.1. The fourth-order valence-corrected chi connectivity index (χ4v) is 2.49. The van der Waals surface area contributed by atoms with E-state index in [0.717, 1.165) is 5.56 Å². The Bertz CT molecular complexity index is 722. The van der Waals surface area contributed by atoms with Crippen molar-refractivity contribution in [1.82, 2.24) is 9.97 Å². The Balaban J connectivity index is 2.16. The Hall–Kier alpha value is -2.19. The number of methoxy groups -OCH3 is 2. The Kier molecular flexibility index (Phi) is 4.94. The van der Waals surface area contributed by atoms with E-state index in [-0.39, 0.29) is 29.1 Å². The zero-order chi connectivity index (χ0) is 16.2. The van der Waals surface area contributed by atoms with Crippen LogP contribution in [0.15, 0.2) is 35.2 Å². The van der Waals surface area contributed by atoms with Gasteiger partial charge in [0.2, 0.25) is 11.8 Å². The third-order valence-electron chi connectivity index (χ3n) is 2.80. The second-order valence-corrected chi connectivity index (χ2v) is 6.01. The molecule has 0 radical (unpaired) electrons. The minimum absolute atomic E-state index is 0.0768. The molecular formula is C14H16N2O5S. The van der Waals surface area contributed by atoms with Crippen molar-refractivity contribution in [2.45, 2.75) is 18.4 Å². The van der Waals surface area contributed by atoms with Crippen LogP contribution in [-0.2, 0) is 20.9 Å². The van der Waals surface area contributed by atoms with Gasteiger partial charge in [-0.3, -0.25) is 4.18 Å². The van der Waals surface area contributed by atoms with Gasteiger partial charge in [0, 0.05) is 0 Å². The molecule has 0 aliphatic rings. The van der Waals surface area contributed by atoms with Crippen LogP contribution < -0.4 is 9.47 Å². The van der Waals surface area contributed by atoms with Crippen LogP contribution >= 0.6 is 0 Å². The van der Waals surface area contributed by atoms with Crippen LogP contribution in [0.25, 0.3) is 0 Å². The fourth-order valence-electron chi connectivity index (χ4n) is 1.63.